The molecule has 2 heterocycles. The highest BCUT2D eigenvalue weighted by atomic mass is 16.3. The van der Waals surface area contributed by atoms with E-state index in [1.807, 2.05) is 0 Å². The summed E-state index contributed by atoms with van der Waals surface area (Å²) >= 11 is 0. The van der Waals surface area contributed by atoms with Crippen LogP contribution in [0.1, 0.15) is 17.3 Å². The monoisotopic (exact) mass is 277 g/mol. The minimum Gasteiger partial charge on any atom is -0.394 e. The molecule has 0 bridgehead atoms. The lowest BCUT2D eigenvalue weighted by Gasteiger charge is -2.26. The average molecular weight is 277 g/mol. The molecule has 3 N–H and O–H groups in total. The van der Waals surface area contributed by atoms with Crippen LogP contribution in [0.15, 0.2) is 31.0 Å². The molecule has 0 aliphatic heterocycles. The van der Waals surface area contributed by atoms with Crippen molar-refractivity contribution in [3.8, 4) is 5.82 Å². The Kier molecular flexibility index (Phi) is 4.06. The second-order valence-corrected chi connectivity index (χ2v) is 4.58. The molecule has 2 aromatic heterocycles. The number of aliphatic hydroxyl groups is 2. The number of nitrogens with one attached hydrogen (secondary N) is 1. The predicted molar refractivity (Wildman–Crippen MR) is 69.2 cm³/mol. The van der Waals surface area contributed by atoms with Crippen molar-refractivity contribution in [2.75, 3.05) is 13.2 Å². The zero-order valence-electron chi connectivity index (χ0n) is 10.9. The summed E-state index contributed by atoms with van der Waals surface area (Å²) in [6.07, 6.45) is 4.27. The van der Waals surface area contributed by atoms with Crippen LogP contribution in [0.25, 0.3) is 5.82 Å². The topological polar surface area (TPSA) is 113 Å². The maximum Gasteiger partial charge on any atom is 0.253 e. The summed E-state index contributed by atoms with van der Waals surface area (Å²) in [6, 6.07) is 3.20. The van der Waals surface area contributed by atoms with Crippen LogP contribution in [-0.2, 0) is 0 Å². The molecule has 8 heteroatoms. The van der Waals surface area contributed by atoms with Crippen LogP contribution in [0.3, 0.4) is 0 Å². The number of pyridine rings is 1. The molecule has 0 spiro atoms. The lowest BCUT2D eigenvalue weighted by Crippen LogP contribution is -2.51. The minimum absolute atomic E-state index is 0.321. The molecule has 0 aliphatic rings. The van der Waals surface area contributed by atoms with Crippen LogP contribution >= 0.6 is 0 Å². The maximum absolute atomic E-state index is 12.0. The van der Waals surface area contributed by atoms with E-state index in [-0.39, 0.29) is 13.2 Å². The summed E-state index contributed by atoms with van der Waals surface area (Å²) in [4.78, 5) is 19.9. The molecule has 0 saturated heterocycles. The fourth-order valence-electron chi connectivity index (χ4n) is 1.46. The lowest BCUT2D eigenvalue weighted by atomic mass is 10.0. The number of aromatic nitrogens is 4. The van der Waals surface area contributed by atoms with Gasteiger partial charge in [-0.3, -0.25) is 4.79 Å². The Balaban J connectivity index is 2.12. The first-order valence-corrected chi connectivity index (χ1v) is 5.93. The van der Waals surface area contributed by atoms with Crippen molar-refractivity contribution in [1.82, 2.24) is 25.1 Å². The van der Waals surface area contributed by atoms with Crippen molar-refractivity contribution in [1.29, 1.82) is 0 Å². The molecule has 2 aromatic rings. The van der Waals surface area contributed by atoms with Crippen molar-refractivity contribution in [2.45, 2.75) is 12.5 Å². The third-order valence-corrected chi connectivity index (χ3v) is 2.78. The molecular formula is C12H15N5O3. The van der Waals surface area contributed by atoms with Crippen LogP contribution in [0.2, 0.25) is 0 Å². The molecule has 106 valence electrons. The highest BCUT2D eigenvalue weighted by Gasteiger charge is 2.25. The summed E-state index contributed by atoms with van der Waals surface area (Å²) in [5, 5.41) is 24.8. The van der Waals surface area contributed by atoms with Gasteiger partial charge in [0.2, 0.25) is 0 Å². The third-order valence-electron chi connectivity index (χ3n) is 2.78. The Morgan fingerprint density at radius 3 is 2.65 bits per heavy atom. The number of rotatable bonds is 5. The Morgan fingerprint density at radius 1 is 1.40 bits per heavy atom. The summed E-state index contributed by atoms with van der Waals surface area (Å²) in [6.45, 7) is 0.821. The first-order chi connectivity index (χ1) is 9.58. The normalized spacial score (nSPS) is 11.3. The summed E-state index contributed by atoms with van der Waals surface area (Å²) in [5.74, 6) is 0.111. The standard InChI is InChI=1S/C12H15N5O3/c1-12(5-18,6-19)16-11(20)9-2-3-10(14-4-9)17-8-13-7-15-17/h2-4,7-8,18-19H,5-6H2,1H3,(H,16,20). The molecule has 0 unspecified atom stereocenters. The van der Waals surface area contributed by atoms with Gasteiger partial charge in [-0.05, 0) is 19.1 Å². The maximum atomic E-state index is 12.0. The van der Waals surface area contributed by atoms with Gasteiger partial charge in [-0.2, -0.15) is 5.10 Å². The molecular weight excluding hydrogens is 262 g/mol. The van der Waals surface area contributed by atoms with Gasteiger partial charge < -0.3 is 15.5 Å². The van der Waals surface area contributed by atoms with Crippen molar-refractivity contribution in [3.63, 3.8) is 0 Å². The van der Waals surface area contributed by atoms with E-state index in [4.69, 9.17) is 10.2 Å². The molecule has 0 saturated carbocycles. The van der Waals surface area contributed by atoms with Gasteiger partial charge >= 0.3 is 0 Å². The molecule has 0 aromatic carbocycles. The zero-order valence-corrected chi connectivity index (χ0v) is 10.9. The van der Waals surface area contributed by atoms with Gasteiger partial charge in [0, 0.05) is 6.20 Å². The fourth-order valence-corrected chi connectivity index (χ4v) is 1.46. The van der Waals surface area contributed by atoms with Crippen LogP contribution in [0.4, 0.5) is 0 Å². The summed E-state index contributed by atoms with van der Waals surface area (Å²) in [7, 11) is 0. The predicted octanol–water partition coefficient (Wildman–Crippen LogP) is -0.865. The second kappa shape index (κ2) is 5.76. The molecule has 8 nitrogen and oxygen atoms in total. The number of carbonyl (C=O) groups excluding carboxylic acids is 1. The van der Waals surface area contributed by atoms with E-state index >= 15 is 0 Å². The molecule has 2 rings (SSSR count). The van der Waals surface area contributed by atoms with Crippen LogP contribution in [0.5, 0.6) is 0 Å². The Labute approximate surface area is 115 Å². The quantitative estimate of drug-likeness (QED) is 0.655. The summed E-state index contributed by atoms with van der Waals surface area (Å²) in [5.41, 5.74) is -0.747. The van der Waals surface area contributed by atoms with Crippen LogP contribution in [-0.4, -0.2) is 54.6 Å². The SMILES string of the molecule is CC(CO)(CO)NC(=O)c1ccc(-n2cncn2)nc1. The lowest BCUT2D eigenvalue weighted by molar-refractivity contribution is 0.0723. The fraction of sp³-hybridized carbons (Fsp3) is 0.333. The highest BCUT2D eigenvalue weighted by molar-refractivity contribution is 5.94. The van der Waals surface area contributed by atoms with E-state index in [0.29, 0.717) is 11.4 Å². The molecule has 0 fully saturated rings. The van der Waals surface area contributed by atoms with Crippen LogP contribution in [0, 0.1) is 0 Å². The molecule has 0 radical (unpaired) electrons. The minimum atomic E-state index is -1.07. The number of hydrogen-bond acceptors (Lipinski definition) is 6. The van der Waals surface area contributed by atoms with E-state index in [0.717, 1.165) is 0 Å². The number of carbonyl (C=O) groups is 1. The van der Waals surface area contributed by atoms with Gasteiger partial charge in [0.1, 0.15) is 12.7 Å². The van der Waals surface area contributed by atoms with Crippen molar-refractivity contribution in [2.24, 2.45) is 0 Å². The average Bonchev–Trinajstić information content (AvgIpc) is 3.01. The van der Waals surface area contributed by atoms with Gasteiger partial charge in [-0.25, -0.2) is 14.6 Å². The van der Waals surface area contributed by atoms with Crippen LogP contribution < -0.4 is 5.32 Å². The highest BCUT2D eigenvalue weighted by Crippen LogP contribution is 2.07. The van der Waals surface area contributed by atoms with Gasteiger partial charge in [-0.15, -0.1) is 0 Å². The van der Waals surface area contributed by atoms with E-state index < -0.39 is 11.4 Å². The Bertz CT molecular complexity index is 563. The third kappa shape index (κ3) is 2.98. The van der Waals surface area contributed by atoms with E-state index in [1.54, 1.807) is 19.1 Å². The second-order valence-electron chi connectivity index (χ2n) is 4.58. The zero-order chi connectivity index (χ0) is 14.6. The Hall–Kier alpha value is -2.32. The molecule has 0 aliphatic carbocycles. The largest absolute Gasteiger partial charge is 0.394 e. The van der Waals surface area contributed by atoms with E-state index in [9.17, 15) is 4.79 Å². The first kappa shape index (κ1) is 14.1. The van der Waals surface area contributed by atoms with Gasteiger partial charge in [0.25, 0.3) is 5.91 Å². The molecule has 20 heavy (non-hydrogen) atoms. The van der Waals surface area contributed by atoms with Gasteiger partial charge in [-0.1, -0.05) is 0 Å². The first-order valence-electron chi connectivity index (χ1n) is 5.93. The van der Waals surface area contributed by atoms with Crippen molar-refractivity contribution in [3.05, 3.63) is 36.5 Å². The molecule has 1 amide bonds. The smallest absolute Gasteiger partial charge is 0.253 e. The molecule has 0 atom stereocenters. The van der Waals surface area contributed by atoms with Crippen molar-refractivity contribution >= 4 is 5.91 Å². The Morgan fingerprint density at radius 2 is 2.15 bits per heavy atom. The number of amides is 1. The van der Waals surface area contributed by atoms with Gasteiger partial charge in [0.05, 0.1) is 24.3 Å². The number of nitrogens with zero attached hydrogens (tertiary/aromatic N) is 4. The van der Waals surface area contributed by atoms with Gasteiger partial charge in [0.15, 0.2) is 5.82 Å². The van der Waals surface area contributed by atoms with E-state index in [1.165, 1.54) is 23.5 Å². The summed E-state index contributed by atoms with van der Waals surface area (Å²) < 4.78 is 1.47. The van der Waals surface area contributed by atoms with E-state index in [2.05, 4.69) is 20.4 Å². The number of hydrogen-bond donors (Lipinski definition) is 3. The number of aliphatic hydroxyl groups excluding tert-OH is 2. The van der Waals surface area contributed by atoms with Crippen molar-refractivity contribution < 1.29 is 15.0 Å².